The zero-order chi connectivity index (χ0) is 55.8. The van der Waals surface area contributed by atoms with E-state index >= 15 is 0 Å². The molecule has 4 amide bonds. The number of amides is 4. The first-order chi connectivity index (χ1) is 38.9. The van der Waals surface area contributed by atoms with Crippen LogP contribution in [0.25, 0.3) is 43.6 Å². The van der Waals surface area contributed by atoms with Crippen LogP contribution >= 0.6 is 0 Å². The highest BCUT2D eigenvalue weighted by Gasteiger charge is 2.08. The second kappa shape index (κ2) is 26.1. The molecule has 0 atom stereocenters. The quantitative estimate of drug-likeness (QED) is 0.0249. The van der Waals surface area contributed by atoms with Gasteiger partial charge in [0.15, 0.2) is 0 Å². The lowest BCUT2D eigenvalue weighted by molar-refractivity contribution is -0.121. The van der Waals surface area contributed by atoms with Gasteiger partial charge in [-0.3, -0.25) is 19.2 Å². The lowest BCUT2D eigenvalue weighted by Gasteiger charge is -2.07. The average Bonchev–Trinajstić information content (AvgIpc) is 4.26. The first-order valence-electron chi connectivity index (χ1n) is 26.1. The molecular formula is C62H62N14O4. The number of nitrogens with one attached hydrogen (secondary N) is 6. The molecule has 0 radical (unpaired) electrons. The zero-order valence-corrected chi connectivity index (χ0v) is 44.9. The van der Waals surface area contributed by atoms with Crippen LogP contribution < -0.4 is 32.3 Å². The molecule has 0 aliphatic heterocycles. The van der Waals surface area contributed by atoms with Gasteiger partial charge in [0.2, 0.25) is 11.8 Å². The molecule has 10 aromatic rings. The minimum absolute atomic E-state index is 0.143. The third-order valence-corrected chi connectivity index (χ3v) is 13.3. The summed E-state index contributed by atoms with van der Waals surface area (Å²) in [7, 11) is 7.99. The van der Waals surface area contributed by atoms with Gasteiger partial charge in [0.25, 0.3) is 11.8 Å². The van der Waals surface area contributed by atoms with Crippen molar-refractivity contribution in [3.05, 3.63) is 204 Å². The topological polar surface area (TPSA) is 210 Å². The summed E-state index contributed by atoms with van der Waals surface area (Å²) in [5.41, 5.74) is 21.2. The van der Waals surface area contributed by atoms with Crippen molar-refractivity contribution in [3.63, 3.8) is 0 Å². The molecule has 4 heterocycles. The van der Waals surface area contributed by atoms with E-state index in [0.29, 0.717) is 49.9 Å². The Bertz CT molecular complexity index is 3930. The fourth-order valence-electron chi connectivity index (χ4n) is 8.85. The monoisotopic (exact) mass is 1070 g/mol. The largest absolute Gasteiger partial charge is 0.385 e. The normalized spacial score (nSPS) is 11.6. The van der Waals surface area contributed by atoms with Crippen LogP contribution in [0.3, 0.4) is 0 Å². The van der Waals surface area contributed by atoms with Crippen LogP contribution in [-0.2, 0) is 37.8 Å². The van der Waals surface area contributed by atoms with Crippen LogP contribution in [0.15, 0.2) is 191 Å². The van der Waals surface area contributed by atoms with Crippen molar-refractivity contribution >= 4 is 103 Å². The van der Waals surface area contributed by atoms with E-state index in [-0.39, 0.29) is 23.6 Å². The second-order valence-electron chi connectivity index (χ2n) is 19.2. The van der Waals surface area contributed by atoms with Gasteiger partial charge in [-0.1, -0.05) is 36.4 Å². The number of carbonyl (C=O) groups excluding carboxylic acids is 4. The van der Waals surface area contributed by atoms with E-state index in [1.807, 2.05) is 171 Å². The van der Waals surface area contributed by atoms with Crippen LogP contribution in [-0.4, -0.2) is 79.8 Å². The number of benzene rings is 6. The Morgan fingerprint density at radius 3 is 1.11 bits per heavy atom. The third kappa shape index (κ3) is 14.6. The first kappa shape index (κ1) is 54.4. The van der Waals surface area contributed by atoms with Crippen molar-refractivity contribution in [1.82, 2.24) is 40.0 Å². The number of hydrogen-bond donors (Lipinski definition) is 6. The molecule has 10 rings (SSSR count). The van der Waals surface area contributed by atoms with Crippen molar-refractivity contribution in [1.29, 1.82) is 0 Å². The van der Waals surface area contributed by atoms with E-state index in [4.69, 9.17) is 0 Å². The van der Waals surface area contributed by atoms with Crippen molar-refractivity contribution < 1.29 is 19.2 Å². The Hall–Kier alpha value is -10.4. The molecule has 0 unspecified atom stereocenters. The molecule has 404 valence electrons. The molecule has 0 saturated heterocycles. The molecule has 80 heavy (non-hydrogen) atoms. The second-order valence-corrected chi connectivity index (χ2v) is 19.2. The fourth-order valence-corrected chi connectivity index (χ4v) is 8.85. The average molecular weight is 1070 g/mol. The Kier molecular flexibility index (Phi) is 17.8. The van der Waals surface area contributed by atoms with Gasteiger partial charge in [0, 0.05) is 134 Å². The van der Waals surface area contributed by atoms with Gasteiger partial charge in [0.05, 0.1) is 24.9 Å². The highest BCUT2D eigenvalue weighted by Crippen LogP contribution is 2.20. The predicted octanol–water partition coefficient (Wildman–Crippen LogP) is 9.55. The predicted molar refractivity (Wildman–Crippen MR) is 322 cm³/mol. The number of aryl methyl sites for hydroxylation is 4. The summed E-state index contributed by atoms with van der Waals surface area (Å²) in [5, 5.41) is 27.4. The van der Waals surface area contributed by atoms with E-state index in [1.165, 1.54) is 0 Å². The maximum Gasteiger partial charge on any atom is 0.271 e. The van der Waals surface area contributed by atoms with Gasteiger partial charge in [0.1, 0.15) is 0 Å². The molecule has 0 aliphatic rings. The molecule has 0 spiro atoms. The third-order valence-electron chi connectivity index (χ3n) is 13.3. The van der Waals surface area contributed by atoms with Crippen LogP contribution in [0.2, 0.25) is 0 Å². The molecule has 0 bridgehead atoms. The minimum atomic E-state index is -0.288. The zero-order valence-electron chi connectivity index (χ0n) is 44.9. The van der Waals surface area contributed by atoms with Gasteiger partial charge in [-0.25, -0.2) is 21.7 Å². The molecular weight excluding hydrogens is 1000 g/mol. The van der Waals surface area contributed by atoms with Gasteiger partial charge in [-0.05, 0) is 155 Å². The van der Waals surface area contributed by atoms with E-state index in [0.717, 1.165) is 77.2 Å². The maximum absolute atomic E-state index is 12.4. The number of fused-ring (bicyclic) bond motifs is 4. The van der Waals surface area contributed by atoms with Crippen LogP contribution in [0.5, 0.6) is 0 Å². The van der Waals surface area contributed by atoms with Crippen LogP contribution in [0.1, 0.15) is 68.7 Å². The number of nitrogens with zero attached hydrogens (tertiary/aromatic N) is 8. The molecule has 0 fully saturated rings. The van der Waals surface area contributed by atoms with E-state index in [1.54, 1.807) is 49.1 Å². The summed E-state index contributed by atoms with van der Waals surface area (Å²) in [6.45, 7) is 1.23. The number of hydrogen-bond acceptors (Lipinski definition) is 10. The van der Waals surface area contributed by atoms with Crippen LogP contribution in [0.4, 0.5) is 11.4 Å². The summed E-state index contributed by atoms with van der Waals surface area (Å²) in [4.78, 5) is 49.1. The lowest BCUT2D eigenvalue weighted by Crippen LogP contribution is -2.18. The summed E-state index contributed by atoms with van der Waals surface area (Å²) < 4.78 is 8.20. The number of rotatable bonds is 20. The Morgan fingerprint density at radius 1 is 0.375 bits per heavy atom. The molecule has 18 nitrogen and oxygen atoms in total. The summed E-state index contributed by atoms with van der Waals surface area (Å²) >= 11 is 0. The standard InChI is InChI=1S/2C31H31N7O2/c1-37-16-13-25-18-22(5-11-28(25)37)20-33-35-30(39)4-3-15-32-27-9-7-24(8-10-27)31(40)36-34-21-23-6-12-29-26(19-23)14-17-38(29)2;1-37-16-13-24-7-5-22(18-28(24)37)20-33-35-30(39)4-3-15-32-27-11-9-26(10-12-27)31(40)36-34-21-23-6-8-25-14-17-38(2)29(25)19-23/h2*5-14,16-21,32H,3-4,15H2,1-2H3,(H,35,39)(H,36,40)/b2*33-20+,34-21+. The highest BCUT2D eigenvalue weighted by molar-refractivity contribution is 5.97. The van der Waals surface area contributed by atoms with Crippen LogP contribution in [0, 0.1) is 0 Å². The molecule has 0 saturated carbocycles. The van der Waals surface area contributed by atoms with Crippen molar-refractivity contribution in [2.75, 3.05) is 23.7 Å². The van der Waals surface area contributed by atoms with Crippen molar-refractivity contribution in [2.24, 2.45) is 48.6 Å². The van der Waals surface area contributed by atoms with Gasteiger partial charge >= 0.3 is 0 Å². The molecule has 18 heteroatoms. The number of carbonyl (C=O) groups is 4. The van der Waals surface area contributed by atoms with E-state index in [2.05, 4.69) is 74.0 Å². The van der Waals surface area contributed by atoms with E-state index < -0.39 is 0 Å². The summed E-state index contributed by atoms with van der Waals surface area (Å²) in [6.07, 6.45) is 16.6. The molecule has 0 aliphatic carbocycles. The fraction of sp³-hybridized carbons (Fsp3) is 0.161. The van der Waals surface area contributed by atoms with E-state index in [9.17, 15) is 19.2 Å². The van der Waals surface area contributed by atoms with Gasteiger partial charge in [-0.2, -0.15) is 20.4 Å². The van der Waals surface area contributed by atoms with Crippen molar-refractivity contribution in [2.45, 2.75) is 25.7 Å². The minimum Gasteiger partial charge on any atom is -0.385 e. The summed E-state index contributed by atoms with van der Waals surface area (Å²) in [6, 6.07) is 46.5. The SMILES string of the molecule is Cn1ccc2cc(/C=N/NC(=O)CCCNc3ccc(C(=O)N/N=C/c4ccc5c(ccn5C)c4)cc3)ccc21.Cn1ccc2ccc(/C=N/NC(=O)CCCNc3ccc(C(=O)N/N=C/c4ccc5ccn(C)c5c4)cc3)cc21. The molecule has 4 aromatic heterocycles. The number of anilines is 2. The Labute approximate surface area is 462 Å². The summed E-state index contributed by atoms with van der Waals surface area (Å²) in [5.74, 6) is -0.864. The molecule has 6 N–H and O–H groups in total. The first-order valence-corrected chi connectivity index (χ1v) is 26.1. The number of aromatic nitrogens is 4. The van der Waals surface area contributed by atoms with Gasteiger partial charge in [-0.15, -0.1) is 0 Å². The smallest absolute Gasteiger partial charge is 0.271 e. The Balaban J connectivity index is 0.000000194. The highest BCUT2D eigenvalue weighted by atomic mass is 16.2. The van der Waals surface area contributed by atoms with Crippen molar-refractivity contribution in [3.8, 4) is 0 Å². The maximum atomic E-state index is 12.4. The van der Waals surface area contributed by atoms with Gasteiger partial charge < -0.3 is 28.9 Å². The molecule has 6 aromatic carbocycles. The Morgan fingerprint density at radius 2 is 0.713 bits per heavy atom. The lowest BCUT2D eigenvalue weighted by atomic mass is 10.2. The number of hydrazone groups is 4.